The van der Waals surface area contributed by atoms with Gasteiger partial charge in [-0.05, 0) is 55.1 Å². The zero-order valence-electron chi connectivity index (χ0n) is 16.3. The second kappa shape index (κ2) is 9.90. The molecule has 0 unspecified atom stereocenters. The van der Waals surface area contributed by atoms with Gasteiger partial charge in [0, 0.05) is 12.1 Å². The Bertz CT molecular complexity index is 878. The summed E-state index contributed by atoms with van der Waals surface area (Å²) in [5.41, 5.74) is 5.07. The van der Waals surface area contributed by atoms with Crippen LogP contribution in [-0.2, 0) is 24.3 Å². The van der Waals surface area contributed by atoms with Crippen LogP contribution >= 0.6 is 12.4 Å². The normalized spacial score (nSPS) is 15.9. The number of carbonyl (C=O) groups excluding carboxylic acids is 1. The standard InChI is InChI=1S/C23H25FN2O2.ClH/c24-22-7-6-19(14-17-8-11-25-12-9-17)20-10-13-26(15-21(20)22)23(27)28-16-18-4-2-1-3-5-18;/h1-7,14,25H,8-13,15-16H2;1H. The summed E-state index contributed by atoms with van der Waals surface area (Å²) >= 11 is 0. The quantitative estimate of drug-likeness (QED) is 0.787. The molecule has 0 saturated carbocycles. The number of rotatable bonds is 3. The van der Waals surface area contributed by atoms with E-state index in [9.17, 15) is 9.18 Å². The number of benzene rings is 2. The average molecular weight is 417 g/mol. The molecule has 4 rings (SSSR count). The van der Waals surface area contributed by atoms with Crippen molar-refractivity contribution < 1.29 is 13.9 Å². The number of carbonyl (C=O) groups is 1. The molecule has 2 aromatic carbocycles. The second-order valence-corrected chi connectivity index (χ2v) is 7.36. The summed E-state index contributed by atoms with van der Waals surface area (Å²) in [6.45, 7) is 3.02. The van der Waals surface area contributed by atoms with E-state index in [2.05, 4.69) is 11.4 Å². The first-order valence-corrected chi connectivity index (χ1v) is 9.87. The summed E-state index contributed by atoms with van der Waals surface area (Å²) in [5, 5.41) is 3.36. The maximum atomic E-state index is 14.5. The van der Waals surface area contributed by atoms with Gasteiger partial charge in [0.25, 0.3) is 0 Å². The molecule has 29 heavy (non-hydrogen) atoms. The molecule has 2 aliphatic rings. The lowest BCUT2D eigenvalue weighted by Gasteiger charge is -2.29. The van der Waals surface area contributed by atoms with E-state index in [1.165, 1.54) is 11.6 Å². The van der Waals surface area contributed by atoms with Gasteiger partial charge in [0.15, 0.2) is 0 Å². The lowest BCUT2D eigenvalue weighted by molar-refractivity contribution is 0.0913. The molecule has 0 spiro atoms. The van der Waals surface area contributed by atoms with Gasteiger partial charge in [-0.3, -0.25) is 0 Å². The molecule has 0 bridgehead atoms. The first-order chi connectivity index (χ1) is 13.7. The van der Waals surface area contributed by atoms with Crippen molar-refractivity contribution in [2.45, 2.75) is 32.4 Å². The van der Waals surface area contributed by atoms with Crippen LogP contribution in [0.1, 0.15) is 35.1 Å². The molecule has 2 aromatic rings. The third-order valence-electron chi connectivity index (χ3n) is 5.46. The Kier molecular flexibility index (Phi) is 7.29. The fourth-order valence-corrected chi connectivity index (χ4v) is 3.88. The van der Waals surface area contributed by atoms with Crippen LogP contribution in [0.3, 0.4) is 0 Å². The van der Waals surface area contributed by atoms with Gasteiger partial charge in [0.1, 0.15) is 12.4 Å². The number of nitrogens with zero attached hydrogens (tertiary/aromatic N) is 1. The summed E-state index contributed by atoms with van der Waals surface area (Å²) in [7, 11) is 0. The number of hydrogen-bond acceptors (Lipinski definition) is 3. The van der Waals surface area contributed by atoms with E-state index in [0.29, 0.717) is 18.5 Å². The number of piperidine rings is 1. The Morgan fingerprint density at radius 1 is 1.07 bits per heavy atom. The zero-order valence-corrected chi connectivity index (χ0v) is 17.1. The molecule has 0 radical (unpaired) electrons. The Morgan fingerprint density at radius 2 is 1.83 bits per heavy atom. The van der Waals surface area contributed by atoms with Gasteiger partial charge < -0.3 is 15.0 Å². The molecule has 1 fully saturated rings. The number of hydrogen-bond donors (Lipinski definition) is 1. The van der Waals surface area contributed by atoms with Crippen LogP contribution in [0.5, 0.6) is 0 Å². The second-order valence-electron chi connectivity index (χ2n) is 7.36. The third kappa shape index (κ3) is 5.17. The van der Waals surface area contributed by atoms with Gasteiger partial charge in [0.2, 0.25) is 0 Å². The molecule has 2 heterocycles. The molecular formula is C23H26ClFN2O2. The minimum absolute atomic E-state index is 0. The third-order valence-corrected chi connectivity index (χ3v) is 5.46. The Morgan fingerprint density at radius 3 is 2.59 bits per heavy atom. The van der Waals surface area contributed by atoms with Gasteiger partial charge >= 0.3 is 6.09 Å². The number of halogens is 2. The average Bonchev–Trinajstić information content (AvgIpc) is 2.75. The number of ether oxygens (including phenoxy) is 1. The Balaban J connectivity index is 0.00000240. The SMILES string of the molecule is Cl.O=C(OCc1ccccc1)N1CCc2c(C=C3CCNCC3)ccc(F)c2C1. The van der Waals surface area contributed by atoms with Crippen molar-refractivity contribution in [2.24, 2.45) is 0 Å². The zero-order chi connectivity index (χ0) is 19.3. The number of amides is 1. The summed E-state index contributed by atoms with van der Waals surface area (Å²) in [5.74, 6) is -0.247. The van der Waals surface area contributed by atoms with E-state index < -0.39 is 6.09 Å². The molecule has 2 aliphatic heterocycles. The van der Waals surface area contributed by atoms with Crippen LogP contribution < -0.4 is 5.32 Å². The minimum Gasteiger partial charge on any atom is -0.445 e. The van der Waals surface area contributed by atoms with Crippen molar-refractivity contribution in [3.05, 3.63) is 76.1 Å². The lowest BCUT2D eigenvalue weighted by Crippen LogP contribution is -2.37. The summed E-state index contributed by atoms with van der Waals surface area (Å²) in [6.07, 6.45) is 4.53. The molecule has 0 aliphatic carbocycles. The van der Waals surface area contributed by atoms with Crippen LogP contribution in [0.2, 0.25) is 0 Å². The van der Waals surface area contributed by atoms with Crippen molar-refractivity contribution in [1.82, 2.24) is 10.2 Å². The van der Waals surface area contributed by atoms with Gasteiger partial charge in [-0.15, -0.1) is 12.4 Å². The molecule has 0 atom stereocenters. The highest BCUT2D eigenvalue weighted by Crippen LogP contribution is 2.28. The van der Waals surface area contributed by atoms with Crippen molar-refractivity contribution in [3.8, 4) is 0 Å². The van der Waals surface area contributed by atoms with E-state index in [1.807, 2.05) is 36.4 Å². The van der Waals surface area contributed by atoms with Crippen LogP contribution in [0.15, 0.2) is 48.0 Å². The largest absolute Gasteiger partial charge is 0.445 e. The molecule has 1 saturated heterocycles. The molecule has 1 amide bonds. The van der Waals surface area contributed by atoms with Gasteiger partial charge in [-0.1, -0.05) is 48.0 Å². The summed E-state index contributed by atoms with van der Waals surface area (Å²) < 4.78 is 19.9. The Hall–Kier alpha value is -2.37. The van der Waals surface area contributed by atoms with Crippen LogP contribution in [0.4, 0.5) is 9.18 Å². The molecule has 154 valence electrons. The van der Waals surface area contributed by atoms with Crippen molar-refractivity contribution in [1.29, 1.82) is 0 Å². The van der Waals surface area contributed by atoms with Gasteiger partial charge in [0.05, 0.1) is 6.54 Å². The lowest BCUT2D eigenvalue weighted by atomic mass is 9.91. The fraction of sp³-hybridized carbons (Fsp3) is 0.348. The molecule has 4 nitrogen and oxygen atoms in total. The first-order valence-electron chi connectivity index (χ1n) is 9.87. The minimum atomic E-state index is -0.393. The highest BCUT2D eigenvalue weighted by atomic mass is 35.5. The van der Waals surface area contributed by atoms with Crippen molar-refractivity contribution in [2.75, 3.05) is 19.6 Å². The molecule has 1 N–H and O–H groups in total. The maximum absolute atomic E-state index is 14.5. The Labute approximate surface area is 177 Å². The summed E-state index contributed by atoms with van der Waals surface area (Å²) in [4.78, 5) is 14.0. The fourth-order valence-electron chi connectivity index (χ4n) is 3.88. The van der Waals surface area contributed by atoms with Crippen molar-refractivity contribution >= 4 is 24.6 Å². The molecule has 6 heteroatoms. The van der Waals surface area contributed by atoms with E-state index in [1.54, 1.807) is 4.90 Å². The van der Waals surface area contributed by atoms with E-state index in [0.717, 1.165) is 42.6 Å². The van der Waals surface area contributed by atoms with Crippen LogP contribution in [0.25, 0.3) is 6.08 Å². The predicted octanol–water partition coefficient (Wildman–Crippen LogP) is 4.71. The highest BCUT2D eigenvalue weighted by Gasteiger charge is 2.25. The highest BCUT2D eigenvalue weighted by molar-refractivity contribution is 5.85. The monoisotopic (exact) mass is 416 g/mol. The first kappa shape index (κ1) is 21.3. The van der Waals surface area contributed by atoms with Crippen molar-refractivity contribution in [3.63, 3.8) is 0 Å². The molecular weight excluding hydrogens is 391 g/mol. The van der Waals surface area contributed by atoms with E-state index in [4.69, 9.17) is 4.74 Å². The van der Waals surface area contributed by atoms with Gasteiger partial charge in [-0.25, -0.2) is 9.18 Å². The smallest absolute Gasteiger partial charge is 0.410 e. The van der Waals surface area contributed by atoms with E-state index >= 15 is 0 Å². The summed E-state index contributed by atoms with van der Waals surface area (Å²) in [6, 6.07) is 13.0. The number of fused-ring (bicyclic) bond motifs is 1. The molecule has 0 aromatic heterocycles. The number of nitrogens with one attached hydrogen (secondary N) is 1. The van der Waals surface area contributed by atoms with Crippen LogP contribution in [-0.4, -0.2) is 30.6 Å². The van der Waals surface area contributed by atoms with E-state index in [-0.39, 0.29) is 31.4 Å². The topological polar surface area (TPSA) is 41.6 Å². The van der Waals surface area contributed by atoms with Crippen LogP contribution in [0, 0.1) is 5.82 Å². The maximum Gasteiger partial charge on any atom is 0.410 e. The predicted molar refractivity (Wildman–Crippen MR) is 114 cm³/mol. The van der Waals surface area contributed by atoms with Gasteiger partial charge in [-0.2, -0.15) is 0 Å².